The molecule has 0 aliphatic carbocycles. The highest BCUT2D eigenvalue weighted by Gasteiger charge is 2.26. The van der Waals surface area contributed by atoms with Crippen LogP contribution in [0.2, 0.25) is 0 Å². The number of carbonyl (C=O) groups is 1. The van der Waals surface area contributed by atoms with E-state index < -0.39 is 22.0 Å². The van der Waals surface area contributed by atoms with Gasteiger partial charge in [-0.25, -0.2) is 13.1 Å². The van der Waals surface area contributed by atoms with Gasteiger partial charge in [0.1, 0.15) is 6.04 Å². The smallest absolute Gasteiger partial charge is 0.321 e. The zero-order valence-corrected chi connectivity index (χ0v) is 14.4. The number of carboxylic acids is 1. The minimum absolute atomic E-state index is 0.0323. The molecular formula is C14H19N5O4S. The summed E-state index contributed by atoms with van der Waals surface area (Å²) in [4.78, 5) is 11.2. The van der Waals surface area contributed by atoms with Crippen LogP contribution in [0.3, 0.4) is 0 Å². The normalized spacial score (nSPS) is 13.2. The van der Waals surface area contributed by atoms with E-state index in [2.05, 4.69) is 20.2 Å². The van der Waals surface area contributed by atoms with E-state index in [1.165, 1.54) is 16.8 Å². The number of hydrogen-bond acceptors (Lipinski definition) is 6. The first-order valence-electron chi connectivity index (χ1n) is 7.28. The van der Waals surface area contributed by atoms with Crippen LogP contribution >= 0.6 is 0 Å². The Labute approximate surface area is 139 Å². The van der Waals surface area contributed by atoms with E-state index in [1.54, 1.807) is 19.2 Å². The first-order chi connectivity index (χ1) is 11.2. The molecule has 0 radical (unpaired) electrons. The summed E-state index contributed by atoms with van der Waals surface area (Å²) in [5, 5.41) is 20.3. The second-order valence-corrected chi connectivity index (χ2v) is 7.51. The van der Waals surface area contributed by atoms with Gasteiger partial charge in [0.25, 0.3) is 0 Å². The van der Waals surface area contributed by atoms with Gasteiger partial charge in [0, 0.05) is 12.6 Å². The third-order valence-corrected chi connectivity index (χ3v) is 4.79. The fraction of sp³-hybridized carbons (Fsp3) is 0.429. The van der Waals surface area contributed by atoms with E-state index in [1.807, 2.05) is 13.8 Å². The molecule has 130 valence electrons. The number of aliphatic carboxylic acids is 1. The molecule has 9 nitrogen and oxygen atoms in total. The number of benzene rings is 1. The van der Waals surface area contributed by atoms with Crippen LogP contribution in [0.5, 0.6) is 0 Å². The van der Waals surface area contributed by atoms with E-state index in [0.717, 1.165) is 0 Å². The number of aryl methyl sites for hydroxylation is 1. The van der Waals surface area contributed by atoms with Crippen LogP contribution < -0.4 is 4.72 Å². The fourth-order valence-corrected chi connectivity index (χ4v) is 3.45. The first kappa shape index (κ1) is 18.0. The Morgan fingerprint density at radius 2 is 2.08 bits per heavy atom. The number of aromatic nitrogens is 4. The van der Waals surface area contributed by atoms with Gasteiger partial charge in [0.2, 0.25) is 10.0 Å². The summed E-state index contributed by atoms with van der Waals surface area (Å²) in [7, 11) is -2.35. The minimum atomic E-state index is -3.99. The molecule has 0 amide bonds. The van der Waals surface area contributed by atoms with Crippen LogP contribution in [-0.2, 0) is 21.9 Å². The van der Waals surface area contributed by atoms with E-state index in [0.29, 0.717) is 11.4 Å². The summed E-state index contributed by atoms with van der Waals surface area (Å²) < 4.78 is 28.7. The van der Waals surface area contributed by atoms with E-state index in [-0.39, 0.29) is 17.2 Å². The number of tetrazole rings is 1. The van der Waals surface area contributed by atoms with Gasteiger partial charge in [-0.1, -0.05) is 26.0 Å². The van der Waals surface area contributed by atoms with Crippen LogP contribution in [0.4, 0.5) is 0 Å². The summed E-state index contributed by atoms with van der Waals surface area (Å²) in [6.45, 7) is 3.65. The van der Waals surface area contributed by atoms with Crippen molar-refractivity contribution in [3.05, 3.63) is 24.3 Å². The number of rotatable bonds is 7. The lowest BCUT2D eigenvalue weighted by Gasteiger charge is -2.16. The van der Waals surface area contributed by atoms with Gasteiger partial charge < -0.3 is 5.11 Å². The summed E-state index contributed by atoms with van der Waals surface area (Å²) in [6.07, 6.45) is 0.196. The number of sulfonamides is 1. The second-order valence-electron chi connectivity index (χ2n) is 5.80. The van der Waals surface area contributed by atoms with Crippen molar-refractivity contribution < 1.29 is 18.3 Å². The zero-order valence-electron chi connectivity index (χ0n) is 13.5. The van der Waals surface area contributed by atoms with Crippen molar-refractivity contribution in [2.45, 2.75) is 31.2 Å². The predicted octanol–water partition coefficient (Wildman–Crippen LogP) is 0.655. The van der Waals surface area contributed by atoms with Crippen molar-refractivity contribution in [2.75, 3.05) is 0 Å². The third kappa shape index (κ3) is 4.15. The van der Waals surface area contributed by atoms with E-state index in [4.69, 9.17) is 0 Å². The van der Waals surface area contributed by atoms with Crippen molar-refractivity contribution in [1.82, 2.24) is 24.9 Å². The summed E-state index contributed by atoms with van der Waals surface area (Å²) in [5.41, 5.74) is 0.515. The summed E-state index contributed by atoms with van der Waals surface area (Å²) in [6, 6.07) is 4.84. The molecule has 0 spiro atoms. The molecule has 0 aliphatic heterocycles. The Morgan fingerprint density at radius 1 is 1.38 bits per heavy atom. The molecule has 1 atom stereocenters. The average molecular weight is 353 g/mol. The Kier molecular flexibility index (Phi) is 5.30. The molecule has 24 heavy (non-hydrogen) atoms. The van der Waals surface area contributed by atoms with Crippen molar-refractivity contribution >= 4 is 16.0 Å². The number of nitrogens with one attached hydrogen (secondary N) is 1. The highest BCUT2D eigenvalue weighted by molar-refractivity contribution is 7.89. The van der Waals surface area contributed by atoms with Crippen molar-refractivity contribution in [2.24, 2.45) is 13.0 Å². The van der Waals surface area contributed by atoms with Gasteiger partial charge in [-0.2, -0.15) is 4.72 Å². The van der Waals surface area contributed by atoms with Crippen LogP contribution in [-0.4, -0.2) is 45.7 Å². The van der Waals surface area contributed by atoms with Gasteiger partial charge in [-0.15, -0.1) is 5.10 Å². The van der Waals surface area contributed by atoms with Crippen LogP contribution in [0.25, 0.3) is 11.4 Å². The second kappa shape index (κ2) is 7.05. The number of hydrogen-bond donors (Lipinski definition) is 2. The molecule has 0 fully saturated rings. The standard InChI is InChI=1S/C14H19N5O4S/c1-9(2)7-12(14(20)21)16-24(22,23)11-6-4-5-10(8-11)13-15-17-18-19(13)3/h4-6,8-9,12,16H,7H2,1-3H3,(H,20,21)/t12-/m1/s1. The maximum Gasteiger partial charge on any atom is 0.321 e. The number of carboxylic acid groups (broad SMARTS) is 1. The molecule has 1 aromatic heterocycles. The van der Waals surface area contributed by atoms with Crippen LogP contribution in [0.15, 0.2) is 29.2 Å². The van der Waals surface area contributed by atoms with Crippen molar-refractivity contribution in [3.63, 3.8) is 0 Å². The minimum Gasteiger partial charge on any atom is -0.480 e. The topological polar surface area (TPSA) is 127 Å². The van der Waals surface area contributed by atoms with Gasteiger partial charge in [-0.3, -0.25) is 4.79 Å². The van der Waals surface area contributed by atoms with Gasteiger partial charge in [-0.05, 0) is 34.9 Å². The largest absolute Gasteiger partial charge is 0.480 e. The molecule has 1 heterocycles. The number of nitrogens with zero attached hydrogens (tertiary/aromatic N) is 4. The zero-order chi connectivity index (χ0) is 17.9. The maximum absolute atomic E-state index is 12.5. The summed E-state index contributed by atoms with van der Waals surface area (Å²) >= 11 is 0. The lowest BCUT2D eigenvalue weighted by Crippen LogP contribution is -2.41. The molecule has 0 saturated heterocycles. The van der Waals surface area contributed by atoms with Crippen molar-refractivity contribution in [1.29, 1.82) is 0 Å². The van der Waals surface area contributed by atoms with Crippen molar-refractivity contribution in [3.8, 4) is 11.4 Å². The molecule has 0 aliphatic rings. The third-order valence-electron chi connectivity index (χ3n) is 3.33. The lowest BCUT2D eigenvalue weighted by atomic mass is 10.1. The predicted molar refractivity (Wildman–Crippen MR) is 85.4 cm³/mol. The average Bonchev–Trinajstić information content (AvgIpc) is 2.92. The lowest BCUT2D eigenvalue weighted by molar-refractivity contribution is -0.139. The highest BCUT2D eigenvalue weighted by Crippen LogP contribution is 2.20. The molecular weight excluding hydrogens is 334 g/mol. The summed E-state index contributed by atoms with van der Waals surface area (Å²) in [5.74, 6) is -0.769. The van der Waals surface area contributed by atoms with E-state index in [9.17, 15) is 18.3 Å². The maximum atomic E-state index is 12.5. The van der Waals surface area contributed by atoms with Gasteiger partial charge >= 0.3 is 5.97 Å². The van der Waals surface area contributed by atoms with Gasteiger partial charge in [0.15, 0.2) is 5.82 Å². The Bertz CT molecular complexity index is 831. The quantitative estimate of drug-likeness (QED) is 0.748. The molecule has 2 rings (SSSR count). The van der Waals surface area contributed by atoms with Gasteiger partial charge in [0.05, 0.1) is 4.90 Å². The molecule has 0 bridgehead atoms. The Hall–Kier alpha value is -2.33. The SMILES string of the molecule is CC(C)C[C@@H](NS(=O)(=O)c1cccc(-c2nnnn2C)c1)C(=O)O. The van der Waals surface area contributed by atoms with Crippen LogP contribution in [0, 0.1) is 5.92 Å². The molecule has 0 saturated carbocycles. The Balaban J connectivity index is 2.32. The van der Waals surface area contributed by atoms with E-state index >= 15 is 0 Å². The monoisotopic (exact) mass is 353 g/mol. The molecule has 10 heteroatoms. The Morgan fingerprint density at radius 3 is 2.62 bits per heavy atom. The highest BCUT2D eigenvalue weighted by atomic mass is 32.2. The first-order valence-corrected chi connectivity index (χ1v) is 8.77. The molecule has 2 aromatic rings. The molecule has 0 unspecified atom stereocenters. The van der Waals surface area contributed by atoms with Crippen LogP contribution in [0.1, 0.15) is 20.3 Å². The molecule has 1 aromatic carbocycles. The molecule has 2 N–H and O–H groups in total. The fourth-order valence-electron chi connectivity index (χ4n) is 2.20.